The van der Waals surface area contributed by atoms with Crippen molar-refractivity contribution in [3.05, 3.63) is 80.6 Å². The summed E-state index contributed by atoms with van der Waals surface area (Å²) in [7, 11) is 0. The second-order valence-electron chi connectivity index (χ2n) is 8.20. The highest BCUT2D eigenvalue weighted by molar-refractivity contribution is 9.10. The fourth-order valence-corrected chi connectivity index (χ4v) is 5.88. The Morgan fingerprint density at radius 2 is 2.00 bits per heavy atom. The summed E-state index contributed by atoms with van der Waals surface area (Å²) in [6, 6.07) is 19.7. The van der Waals surface area contributed by atoms with E-state index in [2.05, 4.69) is 34.2 Å². The van der Waals surface area contributed by atoms with Crippen LogP contribution in [0.2, 0.25) is 0 Å². The highest BCUT2D eigenvalue weighted by atomic mass is 79.9. The molecule has 0 bridgehead atoms. The van der Waals surface area contributed by atoms with Crippen molar-refractivity contribution in [2.24, 2.45) is 5.92 Å². The van der Waals surface area contributed by atoms with Gasteiger partial charge in [0.15, 0.2) is 0 Å². The molecule has 6 heteroatoms. The van der Waals surface area contributed by atoms with Gasteiger partial charge in [0.1, 0.15) is 11.1 Å². The number of benzene rings is 2. The second kappa shape index (κ2) is 8.50. The average molecular weight is 502 g/mol. The zero-order valence-electron chi connectivity index (χ0n) is 17.5. The van der Waals surface area contributed by atoms with Gasteiger partial charge in [0, 0.05) is 20.3 Å². The number of amides is 1. The second-order valence-corrected chi connectivity index (χ2v) is 10.2. The summed E-state index contributed by atoms with van der Waals surface area (Å²) in [5, 5.41) is 14.3. The van der Waals surface area contributed by atoms with Gasteiger partial charge in [-0.05, 0) is 55.0 Å². The zero-order chi connectivity index (χ0) is 22.2. The number of hydrogen-bond donors (Lipinski definition) is 1. The van der Waals surface area contributed by atoms with Crippen LogP contribution in [0.1, 0.15) is 39.7 Å². The minimum atomic E-state index is -0.217. The van der Waals surface area contributed by atoms with E-state index < -0.39 is 0 Å². The molecule has 1 atom stereocenters. The van der Waals surface area contributed by atoms with Gasteiger partial charge in [0.2, 0.25) is 0 Å². The van der Waals surface area contributed by atoms with Gasteiger partial charge in [0.25, 0.3) is 5.91 Å². The SMILES string of the molecule is C[C@H]1CCc2c(sc(NC(=O)c3cc(-c4ccc(Br)cc4)nc4ccccc34)c2C#N)C1. The maximum absolute atomic E-state index is 13.5. The third kappa shape index (κ3) is 3.83. The van der Waals surface area contributed by atoms with Gasteiger partial charge in [-0.3, -0.25) is 4.79 Å². The molecule has 0 radical (unpaired) electrons. The van der Waals surface area contributed by atoms with E-state index in [1.54, 1.807) is 11.3 Å². The Morgan fingerprint density at radius 3 is 2.78 bits per heavy atom. The molecule has 1 amide bonds. The average Bonchev–Trinajstić information content (AvgIpc) is 3.14. The number of carbonyl (C=O) groups is 1. The van der Waals surface area contributed by atoms with Gasteiger partial charge in [-0.15, -0.1) is 11.3 Å². The Morgan fingerprint density at radius 1 is 1.22 bits per heavy atom. The molecule has 0 saturated carbocycles. The van der Waals surface area contributed by atoms with Gasteiger partial charge in [-0.1, -0.05) is 53.2 Å². The number of nitriles is 1. The minimum Gasteiger partial charge on any atom is -0.312 e. The van der Waals surface area contributed by atoms with Crippen LogP contribution < -0.4 is 5.32 Å². The molecular weight excluding hydrogens is 482 g/mol. The molecule has 2 heterocycles. The first kappa shape index (κ1) is 20.9. The summed E-state index contributed by atoms with van der Waals surface area (Å²) in [5.74, 6) is 0.388. The van der Waals surface area contributed by atoms with Crippen LogP contribution in [-0.4, -0.2) is 10.9 Å². The van der Waals surface area contributed by atoms with Crippen LogP contribution in [0, 0.1) is 17.2 Å². The Balaban J connectivity index is 1.57. The molecule has 2 aromatic heterocycles. The monoisotopic (exact) mass is 501 g/mol. The topological polar surface area (TPSA) is 65.8 Å². The van der Waals surface area contributed by atoms with Crippen LogP contribution in [-0.2, 0) is 12.8 Å². The number of aromatic nitrogens is 1. The number of pyridine rings is 1. The quantitative estimate of drug-likeness (QED) is 0.329. The minimum absolute atomic E-state index is 0.217. The molecule has 0 spiro atoms. The predicted molar refractivity (Wildman–Crippen MR) is 133 cm³/mol. The molecule has 0 saturated heterocycles. The number of fused-ring (bicyclic) bond motifs is 2. The van der Waals surface area contributed by atoms with E-state index in [0.29, 0.717) is 22.0 Å². The number of para-hydroxylation sites is 1. The summed E-state index contributed by atoms with van der Waals surface area (Å²) in [5.41, 5.74) is 4.72. The lowest BCUT2D eigenvalue weighted by atomic mass is 9.88. The van der Waals surface area contributed by atoms with E-state index in [1.165, 1.54) is 4.88 Å². The maximum Gasteiger partial charge on any atom is 0.257 e. The third-order valence-corrected chi connectivity index (χ3v) is 7.65. The molecule has 1 aliphatic carbocycles. The lowest BCUT2D eigenvalue weighted by molar-refractivity contribution is 0.102. The summed E-state index contributed by atoms with van der Waals surface area (Å²) in [4.78, 5) is 19.5. The summed E-state index contributed by atoms with van der Waals surface area (Å²) in [6.07, 6.45) is 2.95. The largest absolute Gasteiger partial charge is 0.312 e. The zero-order valence-corrected chi connectivity index (χ0v) is 19.9. The van der Waals surface area contributed by atoms with Crippen LogP contribution >= 0.6 is 27.3 Å². The molecule has 0 unspecified atom stereocenters. The lowest BCUT2D eigenvalue weighted by Gasteiger charge is -2.17. The molecule has 1 aliphatic rings. The first-order chi connectivity index (χ1) is 15.5. The van der Waals surface area contributed by atoms with Gasteiger partial charge in [-0.25, -0.2) is 4.98 Å². The molecule has 4 aromatic rings. The fourth-order valence-electron chi connectivity index (χ4n) is 4.26. The molecule has 158 valence electrons. The number of halogens is 1. The van der Waals surface area contributed by atoms with Crippen molar-refractivity contribution in [2.45, 2.75) is 26.2 Å². The highest BCUT2D eigenvalue weighted by Gasteiger charge is 2.25. The van der Waals surface area contributed by atoms with Crippen molar-refractivity contribution in [1.29, 1.82) is 5.26 Å². The molecule has 0 fully saturated rings. The molecule has 0 aliphatic heterocycles. The van der Waals surface area contributed by atoms with Crippen molar-refractivity contribution in [1.82, 2.24) is 4.98 Å². The summed E-state index contributed by atoms with van der Waals surface area (Å²) >= 11 is 5.01. The normalized spacial score (nSPS) is 15.2. The maximum atomic E-state index is 13.5. The van der Waals surface area contributed by atoms with Crippen LogP contribution in [0.3, 0.4) is 0 Å². The smallest absolute Gasteiger partial charge is 0.257 e. The lowest BCUT2D eigenvalue weighted by Crippen LogP contribution is -2.13. The van der Waals surface area contributed by atoms with Crippen molar-refractivity contribution in [3.63, 3.8) is 0 Å². The van der Waals surface area contributed by atoms with E-state index in [0.717, 1.165) is 51.5 Å². The first-order valence-electron chi connectivity index (χ1n) is 10.5. The van der Waals surface area contributed by atoms with Gasteiger partial charge < -0.3 is 5.32 Å². The molecule has 5 rings (SSSR count). The number of rotatable bonds is 3. The first-order valence-corrected chi connectivity index (χ1v) is 12.2. The van der Waals surface area contributed by atoms with Crippen LogP contribution in [0.4, 0.5) is 5.00 Å². The van der Waals surface area contributed by atoms with E-state index >= 15 is 0 Å². The van der Waals surface area contributed by atoms with Crippen LogP contribution in [0.25, 0.3) is 22.2 Å². The summed E-state index contributed by atoms with van der Waals surface area (Å²) in [6.45, 7) is 2.24. The van der Waals surface area contributed by atoms with Crippen molar-refractivity contribution in [3.8, 4) is 17.3 Å². The van der Waals surface area contributed by atoms with Crippen LogP contribution in [0.15, 0.2) is 59.1 Å². The molecular formula is C26H20BrN3OS. The van der Waals surface area contributed by atoms with E-state index in [9.17, 15) is 10.1 Å². The van der Waals surface area contributed by atoms with Crippen molar-refractivity contribution < 1.29 is 4.79 Å². The number of anilines is 1. The number of nitrogens with zero attached hydrogens (tertiary/aromatic N) is 2. The third-order valence-electron chi connectivity index (χ3n) is 5.95. The Labute approximate surface area is 199 Å². The Kier molecular flexibility index (Phi) is 5.54. The number of hydrogen-bond acceptors (Lipinski definition) is 4. The van der Waals surface area contributed by atoms with Gasteiger partial charge in [-0.2, -0.15) is 5.26 Å². The number of carbonyl (C=O) groups excluding carboxylic acids is 1. The standard InChI is InChI=1S/C26H20BrN3OS/c1-15-6-11-19-21(14-28)26(32-24(19)12-15)30-25(31)20-13-23(16-7-9-17(27)10-8-16)29-22-5-3-2-4-18(20)22/h2-5,7-10,13,15H,6,11-12H2,1H3,(H,30,31)/t15-/m0/s1. The Hall–Kier alpha value is -3.01. The van der Waals surface area contributed by atoms with E-state index in [-0.39, 0.29) is 5.91 Å². The van der Waals surface area contributed by atoms with Gasteiger partial charge in [0.05, 0.1) is 22.3 Å². The molecule has 4 nitrogen and oxygen atoms in total. The molecule has 1 N–H and O–H groups in total. The predicted octanol–water partition coefficient (Wildman–Crippen LogP) is 6.97. The molecule has 32 heavy (non-hydrogen) atoms. The van der Waals surface area contributed by atoms with Crippen molar-refractivity contribution in [2.75, 3.05) is 5.32 Å². The fraction of sp³-hybridized carbons (Fsp3) is 0.192. The van der Waals surface area contributed by atoms with Crippen molar-refractivity contribution >= 4 is 49.1 Å². The van der Waals surface area contributed by atoms with E-state index in [4.69, 9.17) is 4.98 Å². The van der Waals surface area contributed by atoms with Crippen LogP contribution in [0.5, 0.6) is 0 Å². The van der Waals surface area contributed by atoms with E-state index in [1.807, 2.05) is 54.6 Å². The Bertz CT molecular complexity index is 1380. The molecule has 2 aromatic carbocycles. The number of nitrogens with one attached hydrogen (secondary N) is 1. The summed E-state index contributed by atoms with van der Waals surface area (Å²) < 4.78 is 0.986. The van der Waals surface area contributed by atoms with Gasteiger partial charge >= 0.3 is 0 Å². The highest BCUT2D eigenvalue weighted by Crippen LogP contribution is 2.39. The number of thiophene rings is 1.